The first-order valence-electron chi connectivity index (χ1n) is 7.14. The minimum atomic E-state index is -0.762. The van der Waals surface area contributed by atoms with E-state index in [4.69, 9.17) is 9.63 Å². The topological polar surface area (TPSA) is 107 Å². The van der Waals surface area contributed by atoms with Crippen molar-refractivity contribution in [2.24, 2.45) is 0 Å². The molecule has 21 heavy (non-hydrogen) atoms. The molecule has 0 radical (unpaired) electrons. The van der Waals surface area contributed by atoms with Crippen molar-refractivity contribution in [1.82, 2.24) is 25.1 Å². The monoisotopic (exact) mass is 291 g/mol. The fourth-order valence-corrected chi connectivity index (χ4v) is 2.09. The lowest BCUT2D eigenvalue weighted by molar-refractivity contribution is -0.137. The van der Waals surface area contributed by atoms with E-state index in [2.05, 4.69) is 20.5 Å². The molecular weight excluding hydrogens is 274 g/mol. The Morgan fingerprint density at radius 3 is 3.05 bits per heavy atom. The second-order valence-electron chi connectivity index (χ2n) is 5.33. The minimum Gasteiger partial charge on any atom is -0.481 e. The van der Waals surface area contributed by atoms with Gasteiger partial charge in [-0.1, -0.05) is 10.4 Å². The van der Waals surface area contributed by atoms with Gasteiger partial charge < -0.3 is 9.63 Å². The average Bonchev–Trinajstić information content (AvgIpc) is 3.04. The zero-order valence-electron chi connectivity index (χ0n) is 11.6. The van der Waals surface area contributed by atoms with Crippen LogP contribution in [-0.2, 0) is 17.8 Å². The van der Waals surface area contributed by atoms with Crippen LogP contribution in [0.2, 0.25) is 0 Å². The lowest BCUT2D eigenvalue weighted by Crippen LogP contribution is -2.02. The van der Waals surface area contributed by atoms with E-state index >= 15 is 0 Å². The maximum absolute atomic E-state index is 10.4. The van der Waals surface area contributed by atoms with E-state index < -0.39 is 5.97 Å². The third-order valence-corrected chi connectivity index (χ3v) is 3.37. The molecule has 0 amide bonds. The van der Waals surface area contributed by atoms with Gasteiger partial charge in [-0.25, -0.2) is 4.68 Å². The lowest BCUT2D eigenvalue weighted by atomic mass is 10.1. The number of carboxylic acids is 1. The normalized spacial score (nSPS) is 14.5. The van der Waals surface area contributed by atoms with Crippen molar-refractivity contribution < 1.29 is 14.4 Å². The number of nitrogens with zero attached hydrogens (tertiary/aromatic N) is 5. The van der Waals surface area contributed by atoms with E-state index in [1.54, 1.807) is 4.68 Å². The fourth-order valence-electron chi connectivity index (χ4n) is 2.09. The van der Waals surface area contributed by atoms with Gasteiger partial charge in [0, 0.05) is 18.5 Å². The van der Waals surface area contributed by atoms with Crippen LogP contribution in [0.15, 0.2) is 10.7 Å². The van der Waals surface area contributed by atoms with E-state index in [0.717, 1.165) is 37.3 Å². The van der Waals surface area contributed by atoms with Crippen molar-refractivity contribution in [2.75, 3.05) is 0 Å². The number of hydrogen-bond acceptors (Lipinski definition) is 6. The van der Waals surface area contributed by atoms with Crippen LogP contribution in [0.25, 0.3) is 0 Å². The summed E-state index contributed by atoms with van der Waals surface area (Å²) >= 11 is 0. The molecule has 0 atom stereocenters. The van der Waals surface area contributed by atoms with Crippen molar-refractivity contribution in [2.45, 2.75) is 51.0 Å². The van der Waals surface area contributed by atoms with Crippen LogP contribution in [-0.4, -0.2) is 36.2 Å². The van der Waals surface area contributed by atoms with Crippen LogP contribution in [0.3, 0.4) is 0 Å². The SMILES string of the molecule is O=C(O)CCCCc1cn(Cc2noc(C3CC3)n2)nn1. The predicted molar refractivity (Wildman–Crippen MR) is 70.6 cm³/mol. The molecule has 0 bridgehead atoms. The van der Waals surface area contributed by atoms with E-state index in [9.17, 15) is 4.79 Å². The van der Waals surface area contributed by atoms with Gasteiger partial charge in [0.15, 0.2) is 5.82 Å². The van der Waals surface area contributed by atoms with Crippen molar-refractivity contribution in [3.63, 3.8) is 0 Å². The maximum atomic E-state index is 10.4. The van der Waals surface area contributed by atoms with Crippen LogP contribution < -0.4 is 0 Å². The lowest BCUT2D eigenvalue weighted by Gasteiger charge is -1.95. The molecule has 0 saturated heterocycles. The predicted octanol–water partition coefficient (Wildman–Crippen LogP) is 1.38. The van der Waals surface area contributed by atoms with Gasteiger partial charge >= 0.3 is 5.97 Å². The first-order chi connectivity index (χ1) is 10.2. The van der Waals surface area contributed by atoms with E-state index in [1.807, 2.05) is 6.20 Å². The molecule has 112 valence electrons. The van der Waals surface area contributed by atoms with Gasteiger partial charge in [0.25, 0.3) is 0 Å². The van der Waals surface area contributed by atoms with Gasteiger partial charge in [0.2, 0.25) is 5.89 Å². The second-order valence-corrected chi connectivity index (χ2v) is 5.33. The van der Waals surface area contributed by atoms with Crippen molar-refractivity contribution >= 4 is 5.97 Å². The molecule has 1 N–H and O–H groups in total. The molecule has 0 aliphatic heterocycles. The summed E-state index contributed by atoms with van der Waals surface area (Å²) in [5.74, 6) is 1.02. The standard InChI is InChI=1S/C13H17N5O3/c19-12(20)4-2-1-3-10-7-18(17-15-10)8-11-14-13(21-16-11)9-5-6-9/h7,9H,1-6,8H2,(H,19,20). The Kier molecular flexibility index (Phi) is 3.94. The smallest absolute Gasteiger partial charge is 0.303 e. The molecule has 2 aromatic heterocycles. The molecule has 0 unspecified atom stereocenters. The highest BCUT2D eigenvalue weighted by Gasteiger charge is 2.29. The molecule has 1 fully saturated rings. The molecular formula is C13H17N5O3. The van der Waals surface area contributed by atoms with Crippen LogP contribution in [0.5, 0.6) is 0 Å². The summed E-state index contributed by atoms with van der Waals surface area (Å²) < 4.78 is 6.87. The van der Waals surface area contributed by atoms with Gasteiger partial charge in [0.05, 0.1) is 5.69 Å². The summed E-state index contributed by atoms with van der Waals surface area (Å²) in [6, 6.07) is 0. The summed E-state index contributed by atoms with van der Waals surface area (Å²) in [7, 11) is 0. The van der Waals surface area contributed by atoms with Crippen LogP contribution >= 0.6 is 0 Å². The van der Waals surface area contributed by atoms with Gasteiger partial charge in [0.1, 0.15) is 6.54 Å². The fraction of sp³-hybridized carbons (Fsp3) is 0.615. The van der Waals surface area contributed by atoms with Gasteiger partial charge in [-0.2, -0.15) is 4.98 Å². The van der Waals surface area contributed by atoms with Crippen LogP contribution in [0.1, 0.15) is 55.4 Å². The molecule has 1 aliphatic rings. The third kappa shape index (κ3) is 3.87. The Bertz CT molecular complexity index is 617. The summed E-state index contributed by atoms with van der Waals surface area (Å²) in [5, 5.41) is 20.6. The number of hydrogen-bond donors (Lipinski definition) is 1. The highest BCUT2D eigenvalue weighted by molar-refractivity contribution is 5.66. The number of aromatic nitrogens is 5. The maximum Gasteiger partial charge on any atom is 0.303 e. The number of unbranched alkanes of at least 4 members (excludes halogenated alkanes) is 1. The van der Waals surface area contributed by atoms with Gasteiger partial charge in [-0.05, 0) is 32.1 Å². The summed E-state index contributed by atoms with van der Waals surface area (Å²) in [4.78, 5) is 14.8. The molecule has 1 aliphatic carbocycles. The molecule has 0 aromatic carbocycles. The Balaban J connectivity index is 1.48. The number of rotatable bonds is 8. The zero-order valence-corrected chi connectivity index (χ0v) is 11.6. The van der Waals surface area contributed by atoms with E-state index in [0.29, 0.717) is 24.7 Å². The quantitative estimate of drug-likeness (QED) is 0.732. The van der Waals surface area contributed by atoms with Crippen LogP contribution in [0.4, 0.5) is 0 Å². The first kappa shape index (κ1) is 13.7. The Morgan fingerprint density at radius 2 is 2.29 bits per heavy atom. The van der Waals surface area contributed by atoms with E-state index in [1.165, 1.54) is 0 Å². The molecule has 3 rings (SSSR count). The number of aliphatic carboxylic acids is 1. The zero-order chi connectivity index (χ0) is 14.7. The Morgan fingerprint density at radius 1 is 1.43 bits per heavy atom. The minimum absolute atomic E-state index is 0.195. The summed E-state index contributed by atoms with van der Waals surface area (Å²) in [5.41, 5.74) is 0.853. The summed E-state index contributed by atoms with van der Waals surface area (Å²) in [6.45, 7) is 0.443. The number of carbonyl (C=O) groups is 1. The average molecular weight is 291 g/mol. The summed E-state index contributed by atoms with van der Waals surface area (Å²) in [6.07, 6.45) is 6.47. The number of carboxylic acid groups (broad SMARTS) is 1. The molecule has 8 nitrogen and oxygen atoms in total. The Labute approximate surface area is 121 Å². The molecule has 2 aromatic rings. The number of aryl methyl sites for hydroxylation is 1. The van der Waals surface area contributed by atoms with E-state index in [-0.39, 0.29) is 6.42 Å². The largest absolute Gasteiger partial charge is 0.481 e. The highest BCUT2D eigenvalue weighted by Crippen LogP contribution is 2.38. The highest BCUT2D eigenvalue weighted by atomic mass is 16.5. The second kappa shape index (κ2) is 6.02. The van der Waals surface area contributed by atoms with Crippen LogP contribution in [0, 0.1) is 0 Å². The Hall–Kier alpha value is -2.25. The molecule has 0 spiro atoms. The van der Waals surface area contributed by atoms with Crippen molar-refractivity contribution in [3.8, 4) is 0 Å². The molecule has 1 saturated carbocycles. The van der Waals surface area contributed by atoms with Crippen molar-refractivity contribution in [1.29, 1.82) is 0 Å². The molecule has 8 heteroatoms. The first-order valence-corrected chi connectivity index (χ1v) is 7.14. The van der Waals surface area contributed by atoms with Crippen molar-refractivity contribution in [3.05, 3.63) is 23.6 Å². The third-order valence-electron chi connectivity index (χ3n) is 3.37. The van der Waals surface area contributed by atoms with Gasteiger partial charge in [-0.15, -0.1) is 5.10 Å². The van der Waals surface area contributed by atoms with Gasteiger partial charge in [-0.3, -0.25) is 4.79 Å². The molecule has 2 heterocycles.